The summed E-state index contributed by atoms with van der Waals surface area (Å²) in [4.78, 5) is 12.0. The normalized spacial score (nSPS) is 11.4. The van der Waals surface area contributed by atoms with Gasteiger partial charge in [0, 0.05) is 29.8 Å². The summed E-state index contributed by atoms with van der Waals surface area (Å²) in [7, 11) is 0. The van der Waals surface area contributed by atoms with Crippen LogP contribution >= 0.6 is 11.8 Å². The second-order valence-corrected chi connectivity index (χ2v) is 7.18. The van der Waals surface area contributed by atoms with Gasteiger partial charge in [0.25, 0.3) is 0 Å². The van der Waals surface area contributed by atoms with E-state index >= 15 is 0 Å². The van der Waals surface area contributed by atoms with Crippen molar-refractivity contribution in [1.82, 2.24) is 14.8 Å². The third-order valence-corrected chi connectivity index (χ3v) is 5.56. The molecule has 0 amide bonds. The van der Waals surface area contributed by atoms with Crippen molar-refractivity contribution < 1.29 is 13.9 Å². The minimum absolute atomic E-state index is 0.136. The summed E-state index contributed by atoms with van der Waals surface area (Å²) >= 11 is 1.49. The van der Waals surface area contributed by atoms with Crippen LogP contribution in [0.1, 0.15) is 25.0 Å². The van der Waals surface area contributed by atoms with Gasteiger partial charge in [-0.3, -0.25) is 4.57 Å². The lowest BCUT2D eigenvalue weighted by Gasteiger charge is -2.09. The summed E-state index contributed by atoms with van der Waals surface area (Å²) in [6.45, 7) is 4.67. The molecule has 0 aliphatic carbocycles. The lowest BCUT2D eigenvalue weighted by atomic mass is 10.1. The molecule has 1 N–H and O–H groups in total. The van der Waals surface area contributed by atoms with Crippen LogP contribution in [0, 0.1) is 0 Å². The smallest absolute Gasteiger partial charge is 0.336 e. The van der Waals surface area contributed by atoms with Crippen LogP contribution in [0.2, 0.25) is 0 Å². The topological polar surface area (TPSA) is 94.3 Å². The van der Waals surface area contributed by atoms with E-state index in [9.17, 15) is 9.90 Å². The van der Waals surface area contributed by atoms with E-state index in [4.69, 9.17) is 8.83 Å². The van der Waals surface area contributed by atoms with Crippen LogP contribution in [0.4, 0.5) is 0 Å². The summed E-state index contributed by atoms with van der Waals surface area (Å²) in [6.07, 6.45) is 2.29. The molecule has 3 aromatic heterocycles. The maximum Gasteiger partial charge on any atom is 0.336 e. The summed E-state index contributed by atoms with van der Waals surface area (Å²) in [5.41, 5.74) is 1.58. The maximum absolute atomic E-state index is 12.0. The number of aryl methyl sites for hydroxylation is 1. The third kappa shape index (κ3) is 3.31. The number of rotatable bonds is 6. The zero-order valence-electron chi connectivity index (χ0n) is 15.5. The van der Waals surface area contributed by atoms with Crippen LogP contribution in [0.25, 0.3) is 22.6 Å². The molecule has 3 heterocycles. The number of phenolic OH excluding ortho intramolecular Hbond substituents is 1. The van der Waals surface area contributed by atoms with Gasteiger partial charge in [0.05, 0.1) is 6.26 Å². The predicted molar refractivity (Wildman–Crippen MR) is 106 cm³/mol. The number of aromatic nitrogens is 3. The summed E-state index contributed by atoms with van der Waals surface area (Å²) in [5.74, 6) is 1.99. The van der Waals surface area contributed by atoms with Crippen molar-refractivity contribution in [3.63, 3.8) is 0 Å². The van der Waals surface area contributed by atoms with Crippen LogP contribution in [0.3, 0.4) is 0 Å². The molecule has 4 aromatic rings. The summed E-state index contributed by atoms with van der Waals surface area (Å²) in [6, 6.07) is 8.54. The minimum atomic E-state index is -0.444. The average Bonchev–Trinajstić information content (AvgIpc) is 3.34. The fraction of sp³-hybridized carbons (Fsp3) is 0.250. The summed E-state index contributed by atoms with van der Waals surface area (Å²) < 4.78 is 12.7. The van der Waals surface area contributed by atoms with Gasteiger partial charge in [-0.1, -0.05) is 18.7 Å². The Morgan fingerprint density at radius 1 is 1.18 bits per heavy atom. The van der Waals surface area contributed by atoms with Gasteiger partial charge in [0.1, 0.15) is 11.3 Å². The van der Waals surface area contributed by atoms with E-state index in [1.54, 1.807) is 6.26 Å². The predicted octanol–water partition coefficient (Wildman–Crippen LogP) is 4.22. The fourth-order valence-corrected chi connectivity index (χ4v) is 4.11. The number of hydrogen-bond acceptors (Lipinski definition) is 7. The van der Waals surface area contributed by atoms with Crippen LogP contribution in [0.15, 0.2) is 55.4 Å². The SMILES string of the molecule is CCc1cc2c(CSc3nnc(-c4ccco4)n3CC)cc(=O)oc2cc1O. The number of hydrogen-bond donors (Lipinski definition) is 1. The number of furan rings is 1. The quantitative estimate of drug-likeness (QED) is 0.384. The van der Waals surface area contributed by atoms with E-state index < -0.39 is 5.63 Å². The Kier molecular flexibility index (Phi) is 4.95. The Hall–Kier alpha value is -3.00. The molecule has 0 atom stereocenters. The number of benzene rings is 1. The van der Waals surface area contributed by atoms with E-state index in [1.807, 2.05) is 36.6 Å². The second-order valence-electron chi connectivity index (χ2n) is 6.24. The maximum atomic E-state index is 12.0. The van der Waals surface area contributed by atoms with Gasteiger partial charge >= 0.3 is 5.63 Å². The number of aromatic hydroxyl groups is 1. The van der Waals surface area contributed by atoms with Gasteiger partial charge in [-0.2, -0.15) is 0 Å². The van der Waals surface area contributed by atoms with E-state index in [-0.39, 0.29) is 5.75 Å². The molecule has 0 saturated heterocycles. The zero-order chi connectivity index (χ0) is 19.7. The van der Waals surface area contributed by atoms with Gasteiger partial charge in [0.2, 0.25) is 0 Å². The molecule has 0 bridgehead atoms. The van der Waals surface area contributed by atoms with Gasteiger partial charge in [0.15, 0.2) is 16.7 Å². The first-order chi connectivity index (χ1) is 13.6. The molecule has 0 unspecified atom stereocenters. The van der Waals surface area contributed by atoms with Crippen molar-refractivity contribution in [2.24, 2.45) is 0 Å². The molecule has 0 aliphatic rings. The Morgan fingerprint density at radius 3 is 2.75 bits per heavy atom. The molecule has 28 heavy (non-hydrogen) atoms. The lowest BCUT2D eigenvalue weighted by molar-refractivity contribution is 0.466. The first-order valence-corrected chi connectivity index (χ1v) is 9.97. The van der Waals surface area contributed by atoms with E-state index in [0.717, 1.165) is 21.7 Å². The lowest BCUT2D eigenvalue weighted by Crippen LogP contribution is -2.02. The molecule has 0 saturated carbocycles. The molecular formula is C20H19N3O4S. The van der Waals surface area contributed by atoms with Gasteiger partial charge in [-0.25, -0.2) is 4.79 Å². The first-order valence-electron chi connectivity index (χ1n) is 8.99. The second kappa shape index (κ2) is 7.55. The number of nitrogens with zero attached hydrogens (tertiary/aromatic N) is 3. The molecule has 0 fully saturated rings. The van der Waals surface area contributed by atoms with E-state index in [0.29, 0.717) is 35.9 Å². The Morgan fingerprint density at radius 2 is 2.04 bits per heavy atom. The molecule has 1 aromatic carbocycles. The zero-order valence-corrected chi connectivity index (χ0v) is 16.3. The standard InChI is InChI=1S/C20H19N3O4S/c1-3-12-8-14-13(9-18(25)27-17(14)10-15(12)24)11-28-20-22-21-19(23(20)4-2)16-6-5-7-26-16/h5-10,24H,3-4,11H2,1-2H3. The van der Waals surface area contributed by atoms with Crippen molar-refractivity contribution in [3.05, 3.63) is 58.1 Å². The molecule has 8 heteroatoms. The average molecular weight is 397 g/mol. The van der Waals surface area contributed by atoms with Gasteiger partial charge in [-0.15, -0.1) is 10.2 Å². The highest BCUT2D eigenvalue weighted by atomic mass is 32.2. The van der Waals surface area contributed by atoms with Crippen molar-refractivity contribution in [1.29, 1.82) is 0 Å². The van der Waals surface area contributed by atoms with Gasteiger partial charge < -0.3 is 13.9 Å². The third-order valence-electron chi connectivity index (χ3n) is 4.54. The van der Waals surface area contributed by atoms with Crippen molar-refractivity contribution in [3.8, 4) is 17.3 Å². The van der Waals surface area contributed by atoms with E-state index in [2.05, 4.69) is 10.2 Å². The minimum Gasteiger partial charge on any atom is -0.508 e. The van der Waals surface area contributed by atoms with Crippen molar-refractivity contribution >= 4 is 22.7 Å². The van der Waals surface area contributed by atoms with Crippen LogP contribution in [-0.2, 0) is 18.7 Å². The van der Waals surface area contributed by atoms with Crippen molar-refractivity contribution in [2.45, 2.75) is 37.7 Å². The van der Waals surface area contributed by atoms with Crippen molar-refractivity contribution in [2.75, 3.05) is 0 Å². The highest BCUT2D eigenvalue weighted by Crippen LogP contribution is 2.31. The molecule has 7 nitrogen and oxygen atoms in total. The molecular weight excluding hydrogens is 378 g/mol. The Bertz CT molecular complexity index is 1180. The van der Waals surface area contributed by atoms with Crippen LogP contribution in [0.5, 0.6) is 5.75 Å². The van der Waals surface area contributed by atoms with Crippen LogP contribution in [-0.4, -0.2) is 19.9 Å². The Balaban J connectivity index is 1.69. The molecule has 0 aliphatic heterocycles. The Labute approximate surface area is 165 Å². The number of fused-ring (bicyclic) bond motifs is 1. The number of thioether (sulfide) groups is 1. The first kappa shape index (κ1) is 18.4. The fourth-order valence-electron chi connectivity index (χ4n) is 3.12. The summed E-state index contributed by atoms with van der Waals surface area (Å²) in [5, 5.41) is 20.1. The highest BCUT2D eigenvalue weighted by molar-refractivity contribution is 7.98. The molecule has 4 rings (SSSR count). The molecule has 0 radical (unpaired) electrons. The number of phenols is 1. The van der Waals surface area contributed by atoms with E-state index in [1.165, 1.54) is 23.9 Å². The highest BCUT2D eigenvalue weighted by Gasteiger charge is 2.16. The largest absolute Gasteiger partial charge is 0.508 e. The van der Waals surface area contributed by atoms with Gasteiger partial charge in [-0.05, 0) is 42.7 Å². The molecule has 0 spiro atoms. The molecule has 144 valence electrons. The van der Waals surface area contributed by atoms with Crippen LogP contribution < -0.4 is 5.63 Å². The monoisotopic (exact) mass is 397 g/mol.